The lowest BCUT2D eigenvalue weighted by Crippen LogP contribution is -2.46. The maximum absolute atomic E-state index is 13.9. The third kappa shape index (κ3) is 6.26. The summed E-state index contributed by atoms with van der Waals surface area (Å²) in [5.74, 6) is -0.743. The molecule has 2 unspecified atom stereocenters. The van der Waals surface area contributed by atoms with Crippen LogP contribution in [-0.2, 0) is 23.9 Å². The van der Waals surface area contributed by atoms with Crippen molar-refractivity contribution in [3.63, 3.8) is 0 Å². The molecule has 0 spiro atoms. The minimum Gasteiger partial charge on any atom is -0.382 e. The molecule has 9 nitrogen and oxygen atoms in total. The van der Waals surface area contributed by atoms with Crippen LogP contribution in [0.3, 0.4) is 0 Å². The number of benzene rings is 2. The number of rotatable bonds is 8. The Labute approximate surface area is 248 Å². The van der Waals surface area contributed by atoms with Crippen LogP contribution in [0.5, 0.6) is 0 Å². The summed E-state index contributed by atoms with van der Waals surface area (Å²) in [7, 11) is 3.03. The summed E-state index contributed by atoms with van der Waals surface area (Å²) in [4.78, 5) is 45.5. The normalized spacial score (nSPS) is 15.5. The SMILES string of the molecule is C=CC(COC)Nc1nc2c(c(=O)n1-c1ccc(C(=O)NC)cc1)CC(C)N(C(=O)c1ccc(Br)c(C(F)(F)F)c1)C2. The first-order valence-corrected chi connectivity index (χ1v) is 13.7. The molecule has 0 bridgehead atoms. The second kappa shape index (κ2) is 12.5. The number of amides is 2. The van der Waals surface area contributed by atoms with Crippen molar-refractivity contribution in [2.75, 3.05) is 26.1 Å². The summed E-state index contributed by atoms with van der Waals surface area (Å²) < 4.78 is 46.9. The molecule has 2 heterocycles. The van der Waals surface area contributed by atoms with Gasteiger partial charge in [0.25, 0.3) is 17.4 Å². The lowest BCUT2D eigenvalue weighted by atomic mass is 9.98. The predicted molar refractivity (Wildman–Crippen MR) is 155 cm³/mol. The van der Waals surface area contributed by atoms with Crippen LogP contribution in [-0.4, -0.2) is 59.1 Å². The predicted octanol–water partition coefficient (Wildman–Crippen LogP) is 4.57. The Kier molecular flexibility index (Phi) is 9.21. The number of alkyl halides is 3. The van der Waals surface area contributed by atoms with Crippen molar-refractivity contribution in [3.05, 3.63) is 97.9 Å². The van der Waals surface area contributed by atoms with E-state index in [1.807, 2.05) is 0 Å². The molecule has 42 heavy (non-hydrogen) atoms. The van der Waals surface area contributed by atoms with Crippen molar-refractivity contribution in [1.82, 2.24) is 19.8 Å². The number of anilines is 1. The number of ether oxygens (including phenoxy) is 1. The van der Waals surface area contributed by atoms with Gasteiger partial charge < -0.3 is 20.3 Å². The average Bonchev–Trinajstić information content (AvgIpc) is 2.96. The lowest BCUT2D eigenvalue weighted by molar-refractivity contribution is -0.138. The minimum absolute atomic E-state index is 0.0872. The molecule has 0 fully saturated rings. The number of hydrogen-bond acceptors (Lipinski definition) is 6. The molecule has 2 atom stereocenters. The van der Waals surface area contributed by atoms with Gasteiger partial charge in [-0.05, 0) is 55.8 Å². The maximum Gasteiger partial charge on any atom is 0.417 e. The number of fused-ring (bicyclic) bond motifs is 1. The number of carbonyl (C=O) groups excluding carboxylic acids is 2. The van der Waals surface area contributed by atoms with Crippen LogP contribution in [0, 0.1) is 0 Å². The Balaban J connectivity index is 1.78. The highest BCUT2D eigenvalue weighted by Gasteiger charge is 2.36. The van der Waals surface area contributed by atoms with Gasteiger partial charge in [0.05, 0.1) is 36.1 Å². The Morgan fingerprint density at radius 1 is 1.21 bits per heavy atom. The van der Waals surface area contributed by atoms with Gasteiger partial charge in [-0.2, -0.15) is 13.2 Å². The van der Waals surface area contributed by atoms with Gasteiger partial charge in [-0.1, -0.05) is 22.0 Å². The largest absolute Gasteiger partial charge is 0.417 e. The molecular weight excluding hydrogens is 619 g/mol. The molecule has 1 aliphatic rings. The van der Waals surface area contributed by atoms with E-state index in [0.29, 0.717) is 22.5 Å². The van der Waals surface area contributed by atoms with Crippen LogP contribution in [0.1, 0.15) is 44.5 Å². The molecule has 2 amide bonds. The fraction of sp³-hybridized carbons (Fsp3) is 0.310. The molecule has 3 aromatic rings. The van der Waals surface area contributed by atoms with Gasteiger partial charge >= 0.3 is 6.18 Å². The zero-order valence-electron chi connectivity index (χ0n) is 23.1. The highest BCUT2D eigenvalue weighted by molar-refractivity contribution is 9.10. The van der Waals surface area contributed by atoms with Crippen molar-refractivity contribution in [2.45, 2.75) is 38.1 Å². The number of methoxy groups -OCH3 is 1. The van der Waals surface area contributed by atoms with E-state index in [1.54, 1.807) is 37.3 Å². The summed E-state index contributed by atoms with van der Waals surface area (Å²) in [6.45, 7) is 5.66. The minimum atomic E-state index is -4.65. The lowest BCUT2D eigenvalue weighted by Gasteiger charge is -2.35. The van der Waals surface area contributed by atoms with Crippen molar-refractivity contribution in [2.24, 2.45) is 0 Å². The third-order valence-electron chi connectivity index (χ3n) is 6.95. The standard InChI is InChI=1S/C29H29BrF3N5O4/c1-5-19(15-42-4)35-28-36-24-14-37(26(40)18-8-11-23(30)22(13-18)29(31,32)33)16(2)12-21(24)27(41)38(28)20-9-6-17(7-10-20)25(39)34-3/h5-11,13,16,19H,1,12,14-15H2,2-4H3,(H,34,39)(H,35,36). The molecule has 222 valence electrons. The molecule has 2 N–H and O–H groups in total. The fourth-order valence-corrected chi connectivity index (χ4v) is 5.20. The van der Waals surface area contributed by atoms with E-state index >= 15 is 0 Å². The van der Waals surface area contributed by atoms with E-state index in [-0.39, 0.29) is 47.0 Å². The number of halogens is 4. The zero-order valence-corrected chi connectivity index (χ0v) is 24.7. The van der Waals surface area contributed by atoms with Gasteiger partial charge in [0.15, 0.2) is 0 Å². The van der Waals surface area contributed by atoms with Gasteiger partial charge in [-0.3, -0.25) is 14.4 Å². The first-order valence-electron chi connectivity index (χ1n) is 12.9. The summed E-state index contributed by atoms with van der Waals surface area (Å²) in [6.07, 6.45) is -2.92. The summed E-state index contributed by atoms with van der Waals surface area (Å²) in [5.41, 5.74) is 0.0884. The van der Waals surface area contributed by atoms with E-state index < -0.39 is 29.7 Å². The molecule has 0 saturated carbocycles. The topological polar surface area (TPSA) is 106 Å². The van der Waals surface area contributed by atoms with Crippen LogP contribution >= 0.6 is 15.9 Å². The number of hydrogen-bond donors (Lipinski definition) is 2. The second-order valence-corrected chi connectivity index (χ2v) is 10.6. The van der Waals surface area contributed by atoms with Gasteiger partial charge in [0, 0.05) is 41.4 Å². The molecule has 1 aliphatic heterocycles. The number of carbonyl (C=O) groups is 2. The highest BCUT2D eigenvalue weighted by atomic mass is 79.9. The van der Waals surface area contributed by atoms with Crippen molar-refractivity contribution in [1.29, 1.82) is 0 Å². The van der Waals surface area contributed by atoms with Gasteiger partial charge in [-0.15, -0.1) is 6.58 Å². The molecule has 0 aliphatic carbocycles. The van der Waals surface area contributed by atoms with E-state index in [4.69, 9.17) is 9.72 Å². The van der Waals surface area contributed by atoms with Crippen molar-refractivity contribution < 1.29 is 27.5 Å². The Morgan fingerprint density at radius 2 is 1.88 bits per heavy atom. The van der Waals surface area contributed by atoms with E-state index in [1.165, 1.54) is 35.8 Å². The summed E-state index contributed by atoms with van der Waals surface area (Å²) in [6, 6.07) is 8.81. The Bertz CT molecular complexity index is 1570. The third-order valence-corrected chi connectivity index (χ3v) is 7.65. The zero-order chi connectivity index (χ0) is 30.8. The summed E-state index contributed by atoms with van der Waals surface area (Å²) in [5, 5.41) is 5.70. The monoisotopic (exact) mass is 647 g/mol. The van der Waals surface area contributed by atoms with Gasteiger partial charge in [0.1, 0.15) is 0 Å². The van der Waals surface area contributed by atoms with E-state index in [9.17, 15) is 27.6 Å². The van der Waals surface area contributed by atoms with Crippen LogP contribution in [0.25, 0.3) is 5.69 Å². The highest BCUT2D eigenvalue weighted by Crippen LogP contribution is 2.36. The van der Waals surface area contributed by atoms with E-state index in [0.717, 1.165) is 6.07 Å². The number of nitrogens with one attached hydrogen (secondary N) is 2. The molecule has 2 aromatic carbocycles. The van der Waals surface area contributed by atoms with Crippen LogP contribution in [0.15, 0.2) is 64.4 Å². The molecular formula is C29H29BrF3N5O4. The molecule has 13 heteroatoms. The van der Waals surface area contributed by atoms with Crippen LogP contribution in [0.2, 0.25) is 0 Å². The van der Waals surface area contributed by atoms with E-state index in [2.05, 4.69) is 33.1 Å². The second-order valence-electron chi connectivity index (χ2n) is 9.75. The van der Waals surface area contributed by atoms with Crippen molar-refractivity contribution in [3.8, 4) is 5.69 Å². The molecule has 0 saturated heterocycles. The van der Waals surface area contributed by atoms with Crippen LogP contribution < -0.4 is 16.2 Å². The Morgan fingerprint density at radius 3 is 2.48 bits per heavy atom. The van der Waals surface area contributed by atoms with Crippen LogP contribution in [0.4, 0.5) is 19.1 Å². The van der Waals surface area contributed by atoms with Gasteiger partial charge in [0.2, 0.25) is 5.95 Å². The quantitative estimate of drug-likeness (QED) is 0.347. The molecule has 1 aromatic heterocycles. The number of aromatic nitrogens is 2. The van der Waals surface area contributed by atoms with Gasteiger partial charge in [-0.25, -0.2) is 9.55 Å². The average molecular weight is 648 g/mol. The Hall–Kier alpha value is -3.97. The molecule has 0 radical (unpaired) electrons. The smallest absolute Gasteiger partial charge is 0.382 e. The maximum atomic E-state index is 13.9. The number of nitrogens with zero attached hydrogens (tertiary/aromatic N) is 3. The molecule has 4 rings (SSSR count). The first kappa shape index (κ1) is 31.0. The first-order chi connectivity index (χ1) is 19.9. The summed E-state index contributed by atoms with van der Waals surface area (Å²) >= 11 is 2.90. The van der Waals surface area contributed by atoms with Crippen molar-refractivity contribution >= 4 is 33.7 Å². The fourth-order valence-electron chi connectivity index (χ4n) is 4.73.